The van der Waals surface area contributed by atoms with Crippen molar-refractivity contribution in [2.75, 3.05) is 20.3 Å². The van der Waals surface area contributed by atoms with Crippen molar-refractivity contribution in [2.24, 2.45) is 0 Å². The van der Waals surface area contributed by atoms with Crippen LogP contribution < -0.4 is 10.5 Å². The lowest BCUT2D eigenvalue weighted by molar-refractivity contribution is -0.141. The van der Waals surface area contributed by atoms with Crippen molar-refractivity contribution in [3.8, 4) is 0 Å². The molecule has 0 amide bonds. The van der Waals surface area contributed by atoms with E-state index in [4.69, 9.17) is 18.9 Å². The van der Waals surface area contributed by atoms with Crippen LogP contribution in [0.15, 0.2) is 59.2 Å². The predicted octanol–water partition coefficient (Wildman–Crippen LogP) is 5.33. The standard InChI is InChI=1S/C29H44BN2O7/c1-8-9-11-14-22(4)38-25(21(2)3)20-37-27(34)24(32-30-28(35)39-29(5,6)31-7)17-18-26(33)36-19-23-15-12-10-13-16-23/h12,15-17,31-32H,4,8-11,13-14,18-20H2,1-3,5-7H3/b24-17+. The van der Waals surface area contributed by atoms with Gasteiger partial charge in [0.15, 0.2) is 5.72 Å². The minimum Gasteiger partial charge on any atom is -0.463 e. The SMILES string of the molecule is C=C(CCCCC)OC(COC(=O)/C(=C\CC(=O)OCC1=CCCC=C1)N[B]C(=O)OC(C)(C)NC)=C(C)C. The van der Waals surface area contributed by atoms with Crippen LogP contribution in [0.3, 0.4) is 0 Å². The van der Waals surface area contributed by atoms with Gasteiger partial charge in [0.05, 0.1) is 12.2 Å². The van der Waals surface area contributed by atoms with Crippen molar-refractivity contribution in [3.05, 3.63) is 59.2 Å². The summed E-state index contributed by atoms with van der Waals surface area (Å²) in [5.74, 6) is -0.965. The fourth-order valence-corrected chi connectivity index (χ4v) is 3.13. The van der Waals surface area contributed by atoms with E-state index in [-0.39, 0.29) is 25.3 Å². The van der Waals surface area contributed by atoms with Crippen molar-refractivity contribution in [1.29, 1.82) is 0 Å². The zero-order chi connectivity index (χ0) is 29.3. The fourth-order valence-electron chi connectivity index (χ4n) is 3.13. The second kappa shape index (κ2) is 18.1. The van der Waals surface area contributed by atoms with Crippen molar-refractivity contribution >= 4 is 25.2 Å². The topological polar surface area (TPSA) is 112 Å². The number of ether oxygens (including phenoxy) is 4. The molecule has 0 aromatic carbocycles. The van der Waals surface area contributed by atoms with E-state index in [1.807, 2.05) is 32.1 Å². The van der Waals surface area contributed by atoms with Gasteiger partial charge < -0.3 is 24.2 Å². The molecule has 0 aliphatic heterocycles. The molecule has 10 heteroatoms. The lowest BCUT2D eigenvalue weighted by atomic mass is 9.94. The Labute approximate surface area is 234 Å². The summed E-state index contributed by atoms with van der Waals surface area (Å²) >= 11 is 0. The highest BCUT2D eigenvalue weighted by atomic mass is 16.6. The van der Waals surface area contributed by atoms with Gasteiger partial charge in [-0.25, -0.2) is 4.79 Å². The van der Waals surface area contributed by atoms with Crippen molar-refractivity contribution in [1.82, 2.24) is 10.5 Å². The lowest BCUT2D eigenvalue weighted by Crippen LogP contribution is -2.44. The molecule has 1 rings (SSSR count). The first kappa shape index (κ1) is 33.8. The van der Waals surface area contributed by atoms with E-state index in [0.29, 0.717) is 17.9 Å². The van der Waals surface area contributed by atoms with E-state index in [0.717, 1.165) is 50.7 Å². The molecule has 1 aliphatic carbocycles. The Hall–Kier alpha value is -3.27. The summed E-state index contributed by atoms with van der Waals surface area (Å²) in [6, 6.07) is 0. The van der Waals surface area contributed by atoms with E-state index in [9.17, 15) is 14.4 Å². The minimum atomic E-state index is -0.916. The minimum absolute atomic E-state index is 0.113. The summed E-state index contributed by atoms with van der Waals surface area (Å²) in [6.07, 6.45) is 12.8. The van der Waals surface area contributed by atoms with Gasteiger partial charge in [0.2, 0.25) is 0 Å². The average Bonchev–Trinajstić information content (AvgIpc) is 2.90. The summed E-state index contributed by atoms with van der Waals surface area (Å²) in [5, 5.41) is 5.45. The number of carbonyl (C=O) groups is 3. The summed E-state index contributed by atoms with van der Waals surface area (Å²) < 4.78 is 21.9. The van der Waals surface area contributed by atoms with Gasteiger partial charge in [0, 0.05) is 6.42 Å². The summed E-state index contributed by atoms with van der Waals surface area (Å²) in [5.41, 5.74) is 0.723. The Morgan fingerprint density at radius 1 is 1.15 bits per heavy atom. The summed E-state index contributed by atoms with van der Waals surface area (Å²) in [7, 11) is 2.64. The van der Waals surface area contributed by atoms with Crippen molar-refractivity contribution < 1.29 is 33.3 Å². The van der Waals surface area contributed by atoms with Crippen LogP contribution in [-0.4, -0.2) is 51.2 Å². The van der Waals surface area contributed by atoms with Crippen LogP contribution in [0.5, 0.6) is 0 Å². The van der Waals surface area contributed by atoms with Crippen LogP contribution in [0.2, 0.25) is 0 Å². The first-order valence-corrected chi connectivity index (χ1v) is 13.4. The van der Waals surface area contributed by atoms with E-state index >= 15 is 0 Å². The maximum Gasteiger partial charge on any atom is 0.390 e. The molecule has 1 aliphatic rings. The van der Waals surface area contributed by atoms with Gasteiger partial charge in [-0.05, 0) is 71.2 Å². The van der Waals surface area contributed by atoms with Gasteiger partial charge in [-0.2, -0.15) is 0 Å². The molecule has 1 radical (unpaired) electrons. The van der Waals surface area contributed by atoms with Gasteiger partial charge in [-0.15, -0.1) is 0 Å². The van der Waals surface area contributed by atoms with Crippen LogP contribution in [0.1, 0.15) is 79.6 Å². The molecule has 0 heterocycles. The summed E-state index contributed by atoms with van der Waals surface area (Å²) in [4.78, 5) is 37.5. The average molecular weight is 543 g/mol. The van der Waals surface area contributed by atoms with Crippen LogP contribution in [0.4, 0.5) is 4.79 Å². The van der Waals surface area contributed by atoms with E-state index < -0.39 is 23.5 Å². The first-order chi connectivity index (χ1) is 18.5. The fraction of sp³-hybridized carbons (Fsp3) is 0.552. The first-order valence-electron chi connectivity index (χ1n) is 13.4. The van der Waals surface area contributed by atoms with Gasteiger partial charge in [0.1, 0.15) is 24.7 Å². The van der Waals surface area contributed by atoms with E-state index in [1.54, 1.807) is 20.9 Å². The third kappa shape index (κ3) is 15.0. The third-order valence-corrected chi connectivity index (χ3v) is 5.69. The molecule has 0 unspecified atom stereocenters. The molecular formula is C29H44BN2O7. The van der Waals surface area contributed by atoms with Crippen molar-refractivity contribution in [2.45, 2.75) is 85.3 Å². The summed E-state index contributed by atoms with van der Waals surface area (Å²) in [6.45, 7) is 13.1. The highest BCUT2D eigenvalue weighted by molar-refractivity contribution is 6.70. The Kier molecular flexibility index (Phi) is 15.7. The van der Waals surface area contributed by atoms with Crippen LogP contribution in [0.25, 0.3) is 0 Å². The Morgan fingerprint density at radius 3 is 2.51 bits per heavy atom. The quantitative estimate of drug-likeness (QED) is 0.0451. The lowest BCUT2D eigenvalue weighted by Gasteiger charge is -2.24. The van der Waals surface area contributed by atoms with E-state index in [2.05, 4.69) is 24.0 Å². The molecule has 0 saturated carbocycles. The zero-order valence-corrected chi connectivity index (χ0v) is 24.3. The number of hydrogen-bond acceptors (Lipinski definition) is 9. The highest BCUT2D eigenvalue weighted by Crippen LogP contribution is 2.16. The van der Waals surface area contributed by atoms with Crippen LogP contribution in [0, 0.1) is 0 Å². The van der Waals surface area contributed by atoms with Gasteiger partial charge >= 0.3 is 19.4 Å². The van der Waals surface area contributed by atoms with Crippen LogP contribution in [-0.2, 0) is 28.5 Å². The van der Waals surface area contributed by atoms with E-state index in [1.165, 1.54) is 6.08 Å². The highest BCUT2D eigenvalue weighted by Gasteiger charge is 2.23. The normalized spacial score (nSPS) is 13.1. The maximum atomic E-state index is 12.9. The number of allylic oxidation sites excluding steroid dienone is 4. The van der Waals surface area contributed by atoms with Gasteiger partial charge in [0.25, 0.3) is 5.87 Å². The molecule has 2 N–H and O–H groups in total. The largest absolute Gasteiger partial charge is 0.463 e. The smallest absolute Gasteiger partial charge is 0.390 e. The number of hydrogen-bond donors (Lipinski definition) is 2. The molecule has 0 aromatic heterocycles. The number of unbranched alkanes of at least 4 members (excludes halogenated alkanes) is 2. The molecule has 0 bridgehead atoms. The Morgan fingerprint density at radius 2 is 1.90 bits per heavy atom. The van der Waals surface area contributed by atoms with Gasteiger partial charge in [-0.3, -0.25) is 14.9 Å². The van der Waals surface area contributed by atoms with Crippen molar-refractivity contribution in [3.63, 3.8) is 0 Å². The molecular weight excluding hydrogens is 499 g/mol. The molecule has 39 heavy (non-hydrogen) atoms. The number of carbonyl (C=O) groups excluding carboxylic acids is 3. The monoisotopic (exact) mass is 543 g/mol. The molecule has 215 valence electrons. The molecule has 0 aromatic rings. The number of rotatable bonds is 18. The number of nitrogens with one attached hydrogen (secondary N) is 2. The molecule has 0 atom stereocenters. The maximum absolute atomic E-state index is 12.9. The Balaban J connectivity index is 2.83. The molecule has 0 spiro atoms. The number of esters is 2. The predicted molar refractivity (Wildman–Crippen MR) is 152 cm³/mol. The molecule has 0 fully saturated rings. The molecule has 0 saturated heterocycles. The second-order valence-electron chi connectivity index (χ2n) is 9.81. The van der Waals surface area contributed by atoms with Gasteiger partial charge in [-0.1, -0.05) is 44.6 Å². The molecule has 9 nitrogen and oxygen atoms in total. The Bertz CT molecular complexity index is 976. The second-order valence-corrected chi connectivity index (χ2v) is 9.81. The van der Waals surface area contributed by atoms with Crippen LogP contribution >= 0.6 is 0 Å². The zero-order valence-electron chi connectivity index (χ0n) is 24.3. The third-order valence-electron chi connectivity index (χ3n) is 5.69.